The molecule has 0 saturated carbocycles. The van der Waals surface area contributed by atoms with E-state index in [-0.39, 0.29) is 5.91 Å². The molecule has 0 unspecified atom stereocenters. The van der Waals surface area contributed by atoms with Crippen LogP contribution in [0.3, 0.4) is 0 Å². The van der Waals surface area contributed by atoms with E-state index in [1.54, 1.807) is 24.3 Å². The van der Waals surface area contributed by atoms with Gasteiger partial charge in [0.05, 0.1) is 23.5 Å². The van der Waals surface area contributed by atoms with Crippen LogP contribution in [-0.2, 0) is 6.54 Å². The Hall–Kier alpha value is -1.44. The first-order valence-electron chi connectivity index (χ1n) is 5.35. The molecule has 0 saturated heterocycles. The van der Waals surface area contributed by atoms with Gasteiger partial charge in [-0.25, -0.2) is 9.37 Å². The largest absolute Gasteiger partial charge is 0.336 e. The van der Waals surface area contributed by atoms with Crippen molar-refractivity contribution in [1.29, 1.82) is 0 Å². The predicted molar refractivity (Wildman–Crippen MR) is 72.0 cm³/mol. The highest BCUT2D eigenvalue weighted by molar-refractivity contribution is 14.1. The van der Waals surface area contributed by atoms with Crippen molar-refractivity contribution in [2.75, 3.05) is 7.05 Å². The smallest absolute Gasteiger partial charge is 0.256 e. The molecule has 1 aliphatic heterocycles. The van der Waals surface area contributed by atoms with Crippen molar-refractivity contribution in [2.24, 2.45) is 0 Å². The number of hydrogen-bond donors (Lipinski definition) is 0. The Kier molecular flexibility index (Phi) is 2.61. The molecule has 1 aromatic carbocycles. The normalized spacial score (nSPS) is 14.2. The number of aromatic nitrogens is 2. The molecule has 3 rings (SSSR count). The fraction of sp³-hybridized carbons (Fsp3) is 0.167. The van der Waals surface area contributed by atoms with Crippen molar-refractivity contribution in [2.45, 2.75) is 6.54 Å². The molecule has 18 heavy (non-hydrogen) atoms. The van der Waals surface area contributed by atoms with Crippen LogP contribution < -0.4 is 0 Å². The Balaban J connectivity index is 2.33. The van der Waals surface area contributed by atoms with Crippen LogP contribution in [0.1, 0.15) is 16.1 Å². The van der Waals surface area contributed by atoms with E-state index >= 15 is 0 Å². The van der Waals surface area contributed by atoms with Gasteiger partial charge in [0.1, 0.15) is 15.8 Å². The summed E-state index contributed by atoms with van der Waals surface area (Å²) in [6, 6.07) is 4.24. The standard InChI is InChI=1S/C12H9FIN3O/c1-16-5-10-11(14)15-6-17(10)9-3-2-7(13)4-8(9)12(16)18/h2-4,6H,5H2,1H3. The van der Waals surface area contributed by atoms with Crippen LogP contribution in [0.25, 0.3) is 5.69 Å². The summed E-state index contributed by atoms with van der Waals surface area (Å²) in [6.07, 6.45) is 1.67. The van der Waals surface area contributed by atoms with E-state index in [1.165, 1.54) is 12.1 Å². The summed E-state index contributed by atoms with van der Waals surface area (Å²) in [5.74, 6) is -0.585. The second-order valence-electron chi connectivity index (χ2n) is 4.17. The quantitative estimate of drug-likeness (QED) is 0.678. The van der Waals surface area contributed by atoms with Crippen LogP contribution in [0, 0.1) is 9.52 Å². The van der Waals surface area contributed by atoms with Crippen molar-refractivity contribution in [3.05, 3.63) is 45.3 Å². The number of imidazole rings is 1. The molecule has 0 radical (unpaired) electrons. The minimum absolute atomic E-state index is 0.177. The summed E-state index contributed by atoms with van der Waals surface area (Å²) in [5.41, 5.74) is 1.98. The van der Waals surface area contributed by atoms with Crippen LogP contribution in [0.15, 0.2) is 24.5 Å². The number of amides is 1. The second kappa shape index (κ2) is 4.04. The van der Waals surface area contributed by atoms with Gasteiger partial charge >= 0.3 is 0 Å². The number of halogens is 2. The maximum atomic E-state index is 13.3. The number of hydrogen-bond acceptors (Lipinski definition) is 2. The molecule has 1 aliphatic rings. The maximum Gasteiger partial charge on any atom is 0.256 e. The van der Waals surface area contributed by atoms with Crippen LogP contribution in [0.2, 0.25) is 0 Å². The van der Waals surface area contributed by atoms with E-state index in [0.717, 1.165) is 9.39 Å². The van der Waals surface area contributed by atoms with Crippen LogP contribution in [0.4, 0.5) is 4.39 Å². The average molecular weight is 357 g/mol. The van der Waals surface area contributed by atoms with Gasteiger partial charge in [0, 0.05) is 7.05 Å². The minimum atomic E-state index is -0.409. The van der Waals surface area contributed by atoms with Gasteiger partial charge in [-0.05, 0) is 40.8 Å². The Labute approximate surface area is 117 Å². The zero-order valence-electron chi connectivity index (χ0n) is 9.52. The van der Waals surface area contributed by atoms with Crippen molar-refractivity contribution >= 4 is 28.5 Å². The van der Waals surface area contributed by atoms with Crippen molar-refractivity contribution in [3.63, 3.8) is 0 Å². The summed E-state index contributed by atoms with van der Waals surface area (Å²) < 4.78 is 16.0. The highest BCUT2D eigenvalue weighted by Crippen LogP contribution is 2.26. The van der Waals surface area contributed by atoms with Crippen molar-refractivity contribution in [1.82, 2.24) is 14.5 Å². The lowest BCUT2D eigenvalue weighted by molar-refractivity contribution is 0.0787. The van der Waals surface area contributed by atoms with E-state index in [1.807, 2.05) is 4.57 Å². The molecule has 0 atom stereocenters. The number of fused-ring (bicyclic) bond motifs is 3. The molecule has 0 aliphatic carbocycles. The van der Waals surface area contributed by atoms with E-state index in [4.69, 9.17) is 0 Å². The van der Waals surface area contributed by atoms with E-state index in [9.17, 15) is 9.18 Å². The summed E-state index contributed by atoms with van der Waals surface area (Å²) in [4.78, 5) is 18.0. The van der Waals surface area contributed by atoms with Crippen LogP contribution in [-0.4, -0.2) is 27.4 Å². The minimum Gasteiger partial charge on any atom is -0.336 e. The topological polar surface area (TPSA) is 38.1 Å². The third-order valence-electron chi connectivity index (χ3n) is 3.00. The molecule has 0 spiro atoms. The Morgan fingerprint density at radius 3 is 3.00 bits per heavy atom. The second-order valence-corrected chi connectivity index (χ2v) is 5.20. The molecule has 92 valence electrons. The Morgan fingerprint density at radius 2 is 2.22 bits per heavy atom. The summed E-state index contributed by atoms with van der Waals surface area (Å²) >= 11 is 2.13. The SMILES string of the molecule is CN1Cc2c(I)ncn2-c2ccc(F)cc2C1=O. The van der Waals surface area contributed by atoms with Crippen molar-refractivity contribution < 1.29 is 9.18 Å². The molecule has 0 bridgehead atoms. The molecule has 4 nitrogen and oxygen atoms in total. The lowest BCUT2D eigenvalue weighted by atomic mass is 10.1. The highest BCUT2D eigenvalue weighted by Gasteiger charge is 2.25. The first kappa shape index (κ1) is 11.6. The fourth-order valence-electron chi connectivity index (χ4n) is 2.09. The van der Waals surface area contributed by atoms with Gasteiger partial charge < -0.3 is 4.90 Å². The van der Waals surface area contributed by atoms with Gasteiger partial charge in [0.2, 0.25) is 0 Å². The fourth-order valence-corrected chi connectivity index (χ4v) is 2.65. The lowest BCUT2D eigenvalue weighted by Gasteiger charge is -2.13. The molecule has 2 aromatic rings. The van der Waals surface area contributed by atoms with Gasteiger partial charge in [-0.1, -0.05) is 0 Å². The number of rotatable bonds is 0. The summed E-state index contributed by atoms with van der Waals surface area (Å²) in [5, 5.41) is 0. The number of carbonyl (C=O) groups is 1. The van der Waals surface area contributed by atoms with E-state index < -0.39 is 5.82 Å². The maximum absolute atomic E-state index is 13.3. The van der Waals surface area contributed by atoms with Crippen LogP contribution >= 0.6 is 22.6 Å². The first-order valence-corrected chi connectivity index (χ1v) is 6.43. The molecular weight excluding hydrogens is 348 g/mol. The van der Waals surface area contributed by atoms with Crippen molar-refractivity contribution in [3.8, 4) is 5.69 Å². The van der Waals surface area contributed by atoms with Gasteiger partial charge in [-0.2, -0.15) is 0 Å². The molecule has 0 fully saturated rings. The zero-order chi connectivity index (χ0) is 12.9. The van der Waals surface area contributed by atoms with E-state index in [2.05, 4.69) is 27.6 Å². The van der Waals surface area contributed by atoms with Gasteiger partial charge in [-0.15, -0.1) is 0 Å². The number of benzene rings is 1. The summed E-state index contributed by atoms with van der Waals surface area (Å²) in [7, 11) is 1.70. The lowest BCUT2D eigenvalue weighted by Crippen LogP contribution is -2.25. The molecule has 0 N–H and O–H groups in total. The average Bonchev–Trinajstić information content (AvgIpc) is 2.65. The Bertz CT molecular complexity index is 653. The highest BCUT2D eigenvalue weighted by atomic mass is 127. The zero-order valence-corrected chi connectivity index (χ0v) is 11.7. The molecule has 2 heterocycles. The van der Waals surface area contributed by atoms with Crippen LogP contribution in [0.5, 0.6) is 0 Å². The molecule has 1 amide bonds. The summed E-state index contributed by atoms with van der Waals surface area (Å²) in [6.45, 7) is 0.466. The Morgan fingerprint density at radius 1 is 1.44 bits per heavy atom. The predicted octanol–water partition coefficient (Wildman–Crippen LogP) is 2.20. The van der Waals surface area contributed by atoms with E-state index in [0.29, 0.717) is 17.8 Å². The molecular formula is C12H9FIN3O. The first-order chi connectivity index (χ1) is 8.58. The monoisotopic (exact) mass is 357 g/mol. The van der Waals surface area contributed by atoms with Gasteiger partial charge in [-0.3, -0.25) is 9.36 Å². The molecule has 1 aromatic heterocycles. The number of carbonyl (C=O) groups excluding carboxylic acids is 1. The third-order valence-corrected chi connectivity index (χ3v) is 3.90. The third kappa shape index (κ3) is 1.63. The number of nitrogens with zero attached hydrogens (tertiary/aromatic N) is 3. The molecule has 6 heteroatoms. The van der Waals surface area contributed by atoms with Gasteiger partial charge in [0.15, 0.2) is 0 Å². The van der Waals surface area contributed by atoms with Gasteiger partial charge in [0.25, 0.3) is 5.91 Å².